The molecule has 2 N–H and O–H groups in total. The first-order valence-electron chi connectivity index (χ1n) is 6.65. The largest absolute Gasteiger partial charge is 0.354 e. The number of halogens is 1. The fourth-order valence-corrected chi connectivity index (χ4v) is 1.74. The van der Waals surface area contributed by atoms with E-state index in [1.807, 2.05) is 20.8 Å². The zero-order valence-corrected chi connectivity index (χ0v) is 12.3. The minimum atomic E-state index is -0.311. The smallest absolute Gasteiger partial charge is 0.270 e. The fourth-order valence-electron chi connectivity index (χ4n) is 1.74. The number of rotatable bonds is 3. The van der Waals surface area contributed by atoms with Crippen LogP contribution in [0, 0.1) is 5.82 Å². The number of nitrogens with one attached hydrogen (secondary N) is 2. The van der Waals surface area contributed by atoms with Crippen molar-refractivity contribution in [1.29, 1.82) is 0 Å². The van der Waals surface area contributed by atoms with Crippen molar-refractivity contribution in [3.63, 3.8) is 0 Å². The molecule has 1 aromatic heterocycles. The van der Waals surface area contributed by atoms with Crippen molar-refractivity contribution in [2.75, 3.05) is 5.32 Å². The van der Waals surface area contributed by atoms with Crippen LogP contribution in [0.4, 0.5) is 15.8 Å². The molecular weight excluding hydrogens is 269 g/mol. The van der Waals surface area contributed by atoms with E-state index in [-0.39, 0.29) is 17.3 Å². The third-order valence-corrected chi connectivity index (χ3v) is 2.60. The Bertz CT molecular complexity index is 633. The number of anilines is 2. The Morgan fingerprint density at radius 2 is 1.90 bits per heavy atom. The monoisotopic (exact) mass is 287 g/mol. The first-order chi connectivity index (χ1) is 9.83. The highest BCUT2D eigenvalue weighted by Gasteiger charge is 2.15. The van der Waals surface area contributed by atoms with E-state index in [2.05, 4.69) is 15.6 Å². The Balaban J connectivity index is 2.07. The molecule has 0 spiro atoms. The van der Waals surface area contributed by atoms with E-state index in [1.54, 1.807) is 30.5 Å². The molecule has 1 amide bonds. The minimum absolute atomic E-state index is 0.222. The lowest BCUT2D eigenvalue weighted by Gasteiger charge is -2.20. The van der Waals surface area contributed by atoms with E-state index in [9.17, 15) is 9.18 Å². The molecular formula is C16H18FN3O. The van der Waals surface area contributed by atoms with Crippen molar-refractivity contribution in [1.82, 2.24) is 10.3 Å². The third-order valence-electron chi connectivity index (χ3n) is 2.60. The topological polar surface area (TPSA) is 54.0 Å². The summed E-state index contributed by atoms with van der Waals surface area (Å²) >= 11 is 0. The number of amides is 1. The summed E-state index contributed by atoms with van der Waals surface area (Å²) in [6.07, 6.45) is 1.54. The molecule has 2 aromatic rings. The molecule has 0 aliphatic rings. The van der Waals surface area contributed by atoms with Gasteiger partial charge >= 0.3 is 0 Å². The zero-order valence-electron chi connectivity index (χ0n) is 12.3. The van der Waals surface area contributed by atoms with Gasteiger partial charge in [0, 0.05) is 11.2 Å². The van der Waals surface area contributed by atoms with Gasteiger partial charge in [-0.15, -0.1) is 0 Å². The molecule has 0 atom stereocenters. The Kier molecular flexibility index (Phi) is 4.21. The summed E-state index contributed by atoms with van der Waals surface area (Å²) in [5.41, 5.74) is 1.35. The van der Waals surface area contributed by atoms with E-state index < -0.39 is 0 Å². The van der Waals surface area contributed by atoms with Crippen LogP contribution in [0.15, 0.2) is 42.6 Å². The maximum atomic E-state index is 13.1. The first-order valence-corrected chi connectivity index (χ1v) is 6.65. The predicted octanol–water partition coefficient (Wildman–Crippen LogP) is 3.49. The lowest BCUT2D eigenvalue weighted by Crippen LogP contribution is -2.40. The standard InChI is InChI=1S/C16H18FN3O/c1-16(2,3)20-15(21)14-8-7-13(10-18-14)19-12-6-4-5-11(17)9-12/h4-10,19H,1-3H3,(H,20,21). The molecule has 110 valence electrons. The van der Waals surface area contributed by atoms with Crippen LogP contribution in [0.2, 0.25) is 0 Å². The van der Waals surface area contributed by atoms with Crippen molar-refractivity contribution in [3.8, 4) is 0 Å². The Labute approximate surface area is 123 Å². The normalized spacial score (nSPS) is 11.0. The second-order valence-electron chi connectivity index (χ2n) is 5.77. The van der Waals surface area contributed by atoms with Crippen LogP contribution in [0.5, 0.6) is 0 Å². The van der Waals surface area contributed by atoms with Crippen molar-refractivity contribution >= 4 is 17.3 Å². The summed E-state index contributed by atoms with van der Waals surface area (Å²) in [6, 6.07) is 9.50. The highest BCUT2D eigenvalue weighted by molar-refractivity contribution is 5.92. The van der Waals surface area contributed by atoms with E-state index in [4.69, 9.17) is 0 Å². The Morgan fingerprint density at radius 3 is 2.48 bits per heavy atom. The summed E-state index contributed by atoms with van der Waals surface area (Å²) < 4.78 is 13.1. The van der Waals surface area contributed by atoms with E-state index in [1.165, 1.54) is 12.1 Å². The van der Waals surface area contributed by atoms with Crippen molar-refractivity contribution in [2.45, 2.75) is 26.3 Å². The summed E-state index contributed by atoms with van der Waals surface area (Å²) in [7, 11) is 0. The molecule has 0 bridgehead atoms. The predicted molar refractivity (Wildman–Crippen MR) is 81.1 cm³/mol. The Morgan fingerprint density at radius 1 is 1.14 bits per heavy atom. The van der Waals surface area contributed by atoms with E-state index >= 15 is 0 Å². The van der Waals surface area contributed by atoms with Crippen LogP contribution in [-0.2, 0) is 0 Å². The SMILES string of the molecule is CC(C)(C)NC(=O)c1ccc(Nc2cccc(F)c2)cn1. The van der Waals surface area contributed by atoms with Gasteiger partial charge in [-0.2, -0.15) is 0 Å². The van der Waals surface area contributed by atoms with Gasteiger partial charge < -0.3 is 10.6 Å². The number of carbonyl (C=O) groups is 1. The second-order valence-corrected chi connectivity index (χ2v) is 5.77. The number of hydrogen-bond donors (Lipinski definition) is 2. The van der Waals surface area contributed by atoms with Crippen molar-refractivity contribution in [3.05, 3.63) is 54.1 Å². The lowest BCUT2D eigenvalue weighted by molar-refractivity contribution is 0.0914. The Hall–Kier alpha value is -2.43. The molecule has 5 heteroatoms. The summed E-state index contributed by atoms with van der Waals surface area (Å²) in [5.74, 6) is -0.533. The van der Waals surface area contributed by atoms with Crippen molar-refractivity contribution in [2.24, 2.45) is 0 Å². The van der Waals surface area contributed by atoms with Gasteiger partial charge in [-0.3, -0.25) is 4.79 Å². The minimum Gasteiger partial charge on any atom is -0.354 e. The summed E-state index contributed by atoms with van der Waals surface area (Å²) in [6.45, 7) is 5.72. The number of hydrogen-bond acceptors (Lipinski definition) is 3. The lowest BCUT2D eigenvalue weighted by atomic mass is 10.1. The summed E-state index contributed by atoms with van der Waals surface area (Å²) in [5, 5.41) is 5.87. The van der Waals surface area contributed by atoms with Crippen molar-refractivity contribution < 1.29 is 9.18 Å². The zero-order chi connectivity index (χ0) is 15.5. The van der Waals surface area contributed by atoms with Gasteiger partial charge in [0.05, 0.1) is 11.9 Å². The number of aromatic nitrogens is 1. The molecule has 1 heterocycles. The average molecular weight is 287 g/mol. The van der Waals surface area contributed by atoms with Crippen LogP contribution in [-0.4, -0.2) is 16.4 Å². The number of nitrogens with zero attached hydrogens (tertiary/aromatic N) is 1. The van der Waals surface area contributed by atoms with E-state index in [0.717, 1.165) is 0 Å². The molecule has 2 rings (SSSR count). The van der Waals surface area contributed by atoms with E-state index in [0.29, 0.717) is 17.1 Å². The number of pyridine rings is 1. The van der Waals surface area contributed by atoms with Crippen LogP contribution < -0.4 is 10.6 Å². The third kappa shape index (κ3) is 4.56. The average Bonchev–Trinajstić information content (AvgIpc) is 2.37. The molecule has 21 heavy (non-hydrogen) atoms. The van der Waals surface area contributed by atoms with Gasteiger partial charge in [0.2, 0.25) is 0 Å². The van der Waals surface area contributed by atoms with Gasteiger partial charge in [0.15, 0.2) is 0 Å². The molecule has 0 saturated carbocycles. The number of benzene rings is 1. The highest BCUT2D eigenvalue weighted by atomic mass is 19.1. The maximum absolute atomic E-state index is 13.1. The van der Waals surface area contributed by atoms with Crippen LogP contribution in [0.25, 0.3) is 0 Å². The maximum Gasteiger partial charge on any atom is 0.270 e. The quantitative estimate of drug-likeness (QED) is 0.908. The molecule has 1 aromatic carbocycles. The first kappa shape index (κ1) is 15.0. The second kappa shape index (κ2) is 5.91. The molecule has 4 nitrogen and oxygen atoms in total. The summed E-state index contributed by atoms with van der Waals surface area (Å²) in [4.78, 5) is 16.0. The van der Waals surface area contributed by atoms with Gasteiger partial charge in [-0.25, -0.2) is 9.37 Å². The van der Waals surface area contributed by atoms with Gasteiger partial charge in [0.25, 0.3) is 5.91 Å². The molecule has 0 saturated heterocycles. The van der Waals surface area contributed by atoms with Gasteiger partial charge in [0.1, 0.15) is 11.5 Å². The fraction of sp³-hybridized carbons (Fsp3) is 0.250. The van der Waals surface area contributed by atoms with Gasteiger partial charge in [-0.05, 0) is 51.1 Å². The molecule has 0 aliphatic carbocycles. The highest BCUT2D eigenvalue weighted by Crippen LogP contribution is 2.16. The number of carbonyl (C=O) groups excluding carboxylic acids is 1. The van der Waals surface area contributed by atoms with Gasteiger partial charge in [-0.1, -0.05) is 6.07 Å². The molecule has 0 fully saturated rings. The molecule has 0 radical (unpaired) electrons. The molecule has 0 unspecified atom stereocenters. The van der Waals surface area contributed by atoms with Crippen LogP contribution >= 0.6 is 0 Å². The van der Waals surface area contributed by atoms with Crippen LogP contribution in [0.3, 0.4) is 0 Å². The van der Waals surface area contributed by atoms with Crippen LogP contribution in [0.1, 0.15) is 31.3 Å². The molecule has 0 aliphatic heterocycles.